The molecule has 19 rings (SSSR count). The van der Waals surface area contributed by atoms with Gasteiger partial charge >= 0.3 is 5.69 Å². The van der Waals surface area contributed by atoms with Gasteiger partial charge in [0.1, 0.15) is 40.0 Å². The van der Waals surface area contributed by atoms with Crippen LogP contribution in [0.1, 0.15) is 75.4 Å². The van der Waals surface area contributed by atoms with Crippen molar-refractivity contribution < 1.29 is 58.5 Å². The number of nitro groups is 2. The van der Waals surface area contributed by atoms with E-state index in [1.54, 1.807) is 49.0 Å². The number of nitrogens with zero attached hydrogens (tertiary/aromatic N) is 9. The second-order valence-electron chi connectivity index (χ2n) is 28.7. The van der Waals surface area contributed by atoms with E-state index in [1.807, 2.05) is 150 Å². The standard InChI is InChI=1S/C20H18N2O2.C17H12N4O4.C15H14N2S.C15H10O5.C15H12O2.C13H9NO3.CH4/c1-3-22(4-2)13-9-10-16-18(11-13)24-19-12-17(23)14-7-5-6-8-15(14)20(19)21-16;1-11-6-8-15(14-5-3-2-4-13(11)14)18-19-16-9-7-12(20(22)23)10-17(16)21(24)25;1-10-4-6-12-14(8-10)18-15-9-11(17(2)3)5-7-13(15)16-12;1-6-2-3-7-10(13(6)18)15(20)12-9(17)5-4-8(16)11(12)14(7)19;1-9-2-3-10-7-11-4-5-12(16)8-14(11)15(17)13(10)6-9;1-8-2-4-10-12(6-8)17-13-7-9(15)3-5-11(13)14(10)16;/h5-12H,3-4H2,1-2H3;2-10H,1H3;4-9H,1H2,2-3H3;2-5,16-18H,1H3;2-8,16-17H,1H3;2-7H,1H3;1H4. The smallest absolute Gasteiger partial charge is 0.303 e. The van der Waals surface area contributed by atoms with Crippen LogP contribution in [0.2, 0.25) is 0 Å². The molecule has 13 aromatic rings. The number of carbonyl (C=O) groups is 2. The first-order chi connectivity index (χ1) is 58.0. The molecule has 0 bridgehead atoms. The van der Waals surface area contributed by atoms with Gasteiger partial charge in [0.25, 0.3) is 16.9 Å². The van der Waals surface area contributed by atoms with Gasteiger partial charge in [-0.05, 0) is 189 Å². The predicted octanol–water partition coefficient (Wildman–Crippen LogP) is 20.3. The minimum absolute atomic E-state index is 0. The van der Waals surface area contributed by atoms with Crippen LogP contribution in [0, 0.1) is 53.1 Å². The van der Waals surface area contributed by atoms with Gasteiger partial charge < -0.3 is 49.4 Å². The fourth-order valence-electron chi connectivity index (χ4n) is 14.1. The second-order valence-corrected chi connectivity index (χ2v) is 29.8. The van der Waals surface area contributed by atoms with Crippen molar-refractivity contribution >= 4 is 135 Å². The molecule has 6 aliphatic rings. The molecule has 0 amide bonds. The molecule has 13 aromatic carbocycles. The van der Waals surface area contributed by atoms with Crippen molar-refractivity contribution in [1.82, 2.24) is 4.98 Å². The zero-order chi connectivity index (χ0) is 85.9. The average Bonchev–Trinajstić information content (AvgIpc) is 0.737. The molecule has 0 fully saturated rings. The van der Waals surface area contributed by atoms with Crippen molar-refractivity contribution in [3.05, 3.63) is 344 Å². The summed E-state index contributed by atoms with van der Waals surface area (Å²) in [5.74, 6) is -1.09. The Kier molecular flexibility index (Phi) is 24.3. The summed E-state index contributed by atoms with van der Waals surface area (Å²) in [5, 5.41) is 100. The SMILES string of the molecule is C.C=c1ccc2c(c1)Sc1cc(N(C)C)ccc1N=2.CCN(CC)c1ccc2nc3c4ccccc4c(=O)cc-3oc2c1.Cc1ccc(N=Nc2ccc([N+](=O)[O-])cc2[N+](=O)[O-])c2ccccc12.Cc1ccc2c(c1)oc1cc(=O)ccc-1[n+]2[O-].Cc1ccc2c(c1O)C(=O)c1c(O)ccc(O)c1C2=O.Cc1ccc2cc3ccc(O)cc3c(O)c2c1. The van der Waals surface area contributed by atoms with E-state index in [4.69, 9.17) is 13.8 Å². The van der Waals surface area contributed by atoms with Gasteiger partial charge in [0.05, 0.1) is 49.3 Å². The minimum atomic E-state index is -0.714. The maximum atomic E-state index is 12.4. The average molecular weight is 1650 g/mol. The topological polar surface area (TPSA) is 365 Å². The molecule has 0 atom stereocenters. The van der Waals surface area contributed by atoms with Crippen LogP contribution in [0.3, 0.4) is 0 Å². The van der Waals surface area contributed by atoms with Crippen molar-refractivity contribution in [3.8, 4) is 51.7 Å². The lowest BCUT2D eigenvalue weighted by molar-refractivity contribution is -0.566. The fourth-order valence-corrected chi connectivity index (χ4v) is 15.1. The Morgan fingerprint density at radius 2 is 1.16 bits per heavy atom. The zero-order valence-electron chi connectivity index (χ0n) is 66.4. The van der Waals surface area contributed by atoms with Gasteiger partial charge in [-0.3, -0.25) is 39.4 Å². The summed E-state index contributed by atoms with van der Waals surface area (Å²) >= 11 is 1.77. The number of hydrogen-bond acceptors (Lipinski definition) is 23. The number of anilines is 2. The zero-order valence-corrected chi connectivity index (χ0v) is 67.2. The van der Waals surface area contributed by atoms with E-state index in [9.17, 15) is 70.1 Å². The summed E-state index contributed by atoms with van der Waals surface area (Å²) in [4.78, 5) is 85.0. The number of benzene rings is 15. The number of ketones is 2. The number of phenolic OH excluding ortho intramolecular Hbond substituents is 5. The third-order valence-corrected chi connectivity index (χ3v) is 21.5. The molecule has 3 aliphatic carbocycles. The highest BCUT2D eigenvalue weighted by Gasteiger charge is 2.37. The Balaban J connectivity index is 0.000000127. The largest absolute Gasteiger partial charge is 0.618 e. The molecule has 25 nitrogen and oxygen atoms in total. The number of fused-ring (bicyclic) bond motifs is 13. The van der Waals surface area contributed by atoms with E-state index >= 15 is 0 Å². The number of nitro benzene ring substituents is 2. The fraction of sp³-hybridized carbons (Fsp3) is 0.115. The number of carbonyl (C=O) groups excluding carboxylic acids is 2. The van der Waals surface area contributed by atoms with E-state index in [1.165, 1.54) is 57.9 Å². The molecule has 26 heteroatoms. The summed E-state index contributed by atoms with van der Waals surface area (Å²) in [6.45, 7) is 17.6. The van der Waals surface area contributed by atoms with Gasteiger partial charge in [-0.25, -0.2) is 9.98 Å². The van der Waals surface area contributed by atoms with Gasteiger partial charge in [0.2, 0.25) is 17.1 Å². The quantitative estimate of drug-likeness (QED) is 0.0138. The molecule has 0 unspecified atom stereocenters. The molecule has 3 heterocycles. The first kappa shape index (κ1) is 84.2. The monoisotopic (exact) mass is 1650 g/mol. The molecular weight excluding hydrogens is 1570 g/mol. The van der Waals surface area contributed by atoms with Crippen molar-refractivity contribution in [1.29, 1.82) is 0 Å². The van der Waals surface area contributed by atoms with Crippen LogP contribution in [0.15, 0.2) is 286 Å². The molecule has 122 heavy (non-hydrogen) atoms. The lowest BCUT2D eigenvalue weighted by atomic mass is 9.82. The van der Waals surface area contributed by atoms with Crippen LogP contribution < -0.4 is 36.0 Å². The molecular formula is C96H79N9O16S. The first-order valence-corrected chi connectivity index (χ1v) is 38.8. The Morgan fingerprint density at radius 3 is 1.88 bits per heavy atom. The summed E-state index contributed by atoms with van der Waals surface area (Å²) in [6, 6.07) is 69.9. The van der Waals surface area contributed by atoms with Gasteiger partial charge in [-0.2, -0.15) is 4.73 Å². The number of rotatable bonds is 8. The number of phenols is 5. The Morgan fingerprint density at radius 1 is 0.525 bits per heavy atom. The maximum Gasteiger partial charge on any atom is 0.303 e. The van der Waals surface area contributed by atoms with Crippen LogP contribution in [0.4, 0.5) is 39.8 Å². The van der Waals surface area contributed by atoms with Crippen LogP contribution in [0.5, 0.6) is 28.7 Å². The predicted molar refractivity (Wildman–Crippen MR) is 476 cm³/mol. The van der Waals surface area contributed by atoms with Crippen LogP contribution >= 0.6 is 11.8 Å². The molecule has 610 valence electrons. The minimum Gasteiger partial charge on any atom is -0.618 e. The van der Waals surface area contributed by atoms with Crippen molar-refractivity contribution in [2.45, 2.75) is 58.8 Å². The number of aromatic nitrogens is 2. The normalized spacial score (nSPS) is 11.6. The number of non-ortho nitro benzene ring substituents is 1. The molecule has 0 saturated heterocycles. The van der Waals surface area contributed by atoms with Gasteiger partial charge in [-0.15, -0.1) is 10.2 Å². The molecule has 5 N–H and O–H groups in total. The molecule has 0 aromatic heterocycles. The summed E-state index contributed by atoms with van der Waals surface area (Å²) < 4.78 is 12.4. The van der Waals surface area contributed by atoms with E-state index in [0.29, 0.717) is 55.9 Å². The number of hydrogen-bond donors (Lipinski definition) is 5. The molecule has 0 spiro atoms. The van der Waals surface area contributed by atoms with E-state index in [-0.39, 0.29) is 74.9 Å². The lowest BCUT2D eigenvalue weighted by Crippen LogP contribution is -2.31. The highest BCUT2D eigenvalue weighted by Crippen LogP contribution is 2.44. The third kappa shape index (κ3) is 17.2. The molecule has 0 saturated carbocycles. The van der Waals surface area contributed by atoms with Crippen molar-refractivity contribution in [2.24, 2.45) is 15.2 Å². The summed E-state index contributed by atoms with van der Waals surface area (Å²) in [7, 11) is 4.10. The summed E-state index contributed by atoms with van der Waals surface area (Å²) in [6.07, 6.45) is 0. The third-order valence-electron chi connectivity index (χ3n) is 20.4. The van der Waals surface area contributed by atoms with E-state index in [0.717, 1.165) is 124 Å². The van der Waals surface area contributed by atoms with Crippen LogP contribution in [-0.2, 0) is 0 Å². The number of aryl methyl sites for hydroxylation is 4. The number of azo groups is 1. The highest BCUT2D eigenvalue weighted by atomic mass is 32.2. The number of aromatic hydroxyl groups is 5. The van der Waals surface area contributed by atoms with Gasteiger partial charge in [0.15, 0.2) is 33.7 Å². The molecule has 0 radical (unpaired) electrons. The van der Waals surface area contributed by atoms with E-state index in [2.05, 4.69) is 75.8 Å². The Labute approximate surface area is 700 Å². The van der Waals surface area contributed by atoms with Crippen molar-refractivity contribution in [2.75, 3.05) is 37.0 Å². The highest BCUT2D eigenvalue weighted by molar-refractivity contribution is 7.99. The van der Waals surface area contributed by atoms with E-state index < -0.39 is 32.9 Å². The van der Waals surface area contributed by atoms with Crippen LogP contribution in [-0.4, -0.2) is 79.1 Å². The first-order valence-electron chi connectivity index (χ1n) is 37.9. The maximum absolute atomic E-state index is 12.4. The van der Waals surface area contributed by atoms with Crippen molar-refractivity contribution in [3.63, 3.8) is 0 Å². The summed E-state index contributed by atoms with van der Waals surface area (Å²) in [5.41, 5.74) is 9.36. The molecule has 3 aliphatic heterocycles. The Hall–Kier alpha value is -15.7. The lowest BCUT2D eigenvalue weighted by Gasteiger charge is -2.21. The van der Waals surface area contributed by atoms with Gasteiger partial charge in [-0.1, -0.05) is 122 Å². The van der Waals surface area contributed by atoms with Gasteiger partial charge in [0, 0.05) is 117 Å². The van der Waals surface area contributed by atoms with Crippen LogP contribution in [0.25, 0.3) is 94.8 Å². The Bertz CT molecular complexity index is 7250. The second kappa shape index (κ2) is 35.2.